The highest BCUT2D eigenvalue weighted by molar-refractivity contribution is 6.33. The molecular weight excluding hydrogens is 140 g/mol. The molecule has 1 rings (SSSR count). The van der Waals surface area contributed by atoms with Crippen molar-refractivity contribution in [1.29, 1.82) is 0 Å². The van der Waals surface area contributed by atoms with E-state index in [-0.39, 0.29) is 11.2 Å². The fourth-order valence-electron chi connectivity index (χ4n) is 1.34. The van der Waals surface area contributed by atoms with E-state index < -0.39 is 0 Å². The Morgan fingerprint density at radius 1 is 1.64 bits per heavy atom. The summed E-state index contributed by atoms with van der Waals surface area (Å²) in [5, 5.41) is 0. The summed E-state index contributed by atoms with van der Waals surface area (Å²) in [5.41, 5.74) is 0.790. The van der Waals surface area contributed by atoms with Crippen molar-refractivity contribution >= 4 is 12.1 Å². The molecule has 0 unspecified atom stereocenters. The van der Waals surface area contributed by atoms with Crippen molar-refractivity contribution in [3.05, 3.63) is 11.6 Å². The van der Waals surface area contributed by atoms with E-state index in [2.05, 4.69) is 13.8 Å². The second-order valence-corrected chi connectivity index (χ2v) is 3.64. The summed E-state index contributed by atoms with van der Waals surface area (Å²) < 4.78 is 0. The van der Waals surface area contributed by atoms with Crippen molar-refractivity contribution in [2.24, 2.45) is 5.41 Å². The van der Waals surface area contributed by atoms with Crippen LogP contribution in [0.2, 0.25) is 0 Å². The molecule has 0 bridgehead atoms. The van der Waals surface area contributed by atoms with Crippen LogP contribution < -0.4 is 0 Å². The van der Waals surface area contributed by atoms with Crippen LogP contribution in [0.4, 0.5) is 0 Å². The topological polar surface area (TPSA) is 34.1 Å². The SMILES string of the molecule is CC1(C)C=C(C(=O)C=O)CC1. The largest absolute Gasteiger partial charge is 0.294 e. The van der Waals surface area contributed by atoms with Gasteiger partial charge in [-0.1, -0.05) is 19.9 Å². The molecule has 0 N–H and O–H groups in total. The van der Waals surface area contributed by atoms with Crippen molar-refractivity contribution in [2.45, 2.75) is 26.7 Å². The maximum atomic E-state index is 10.9. The second-order valence-electron chi connectivity index (χ2n) is 3.64. The van der Waals surface area contributed by atoms with Crippen molar-refractivity contribution in [3.63, 3.8) is 0 Å². The lowest BCUT2D eigenvalue weighted by atomic mass is 9.94. The van der Waals surface area contributed by atoms with Crippen molar-refractivity contribution < 1.29 is 9.59 Å². The number of hydrogen-bond donors (Lipinski definition) is 0. The Labute approximate surface area is 66.3 Å². The van der Waals surface area contributed by atoms with Crippen LogP contribution in [-0.4, -0.2) is 12.1 Å². The summed E-state index contributed by atoms with van der Waals surface area (Å²) in [5.74, 6) is -0.351. The third-order valence-electron chi connectivity index (χ3n) is 2.03. The van der Waals surface area contributed by atoms with Gasteiger partial charge in [-0.05, 0) is 23.8 Å². The number of ketones is 1. The predicted octanol–water partition coefficient (Wildman–Crippen LogP) is 1.50. The summed E-state index contributed by atoms with van der Waals surface area (Å²) in [6, 6.07) is 0. The number of allylic oxidation sites excluding steroid dienone is 2. The molecule has 2 nitrogen and oxygen atoms in total. The molecule has 60 valence electrons. The normalized spacial score (nSPS) is 21.1. The van der Waals surface area contributed by atoms with Crippen LogP contribution in [0, 0.1) is 5.41 Å². The summed E-state index contributed by atoms with van der Waals surface area (Å²) >= 11 is 0. The smallest absolute Gasteiger partial charge is 0.221 e. The highest BCUT2D eigenvalue weighted by atomic mass is 16.2. The van der Waals surface area contributed by atoms with E-state index in [9.17, 15) is 9.59 Å². The number of hydrogen-bond acceptors (Lipinski definition) is 2. The van der Waals surface area contributed by atoms with Crippen LogP contribution in [0.5, 0.6) is 0 Å². The standard InChI is InChI=1S/C9H12O2/c1-9(2)4-3-7(5-9)8(11)6-10/h5-6H,3-4H2,1-2H3. The zero-order chi connectivity index (χ0) is 8.48. The molecule has 0 fully saturated rings. The molecule has 0 amide bonds. The number of carbonyl (C=O) groups is 2. The Morgan fingerprint density at radius 2 is 2.27 bits per heavy atom. The van der Waals surface area contributed by atoms with Gasteiger partial charge in [-0.2, -0.15) is 0 Å². The Kier molecular flexibility index (Phi) is 1.94. The summed E-state index contributed by atoms with van der Waals surface area (Å²) in [6.45, 7) is 4.14. The zero-order valence-electron chi connectivity index (χ0n) is 6.89. The fraction of sp³-hybridized carbons (Fsp3) is 0.556. The van der Waals surface area contributed by atoms with Crippen molar-refractivity contribution in [3.8, 4) is 0 Å². The third-order valence-corrected chi connectivity index (χ3v) is 2.03. The Balaban J connectivity index is 2.78. The van der Waals surface area contributed by atoms with Crippen LogP contribution in [0.25, 0.3) is 0 Å². The molecule has 2 heteroatoms. The van der Waals surface area contributed by atoms with E-state index >= 15 is 0 Å². The molecule has 11 heavy (non-hydrogen) atoms. The van der Waals surface area contributed by atoms with Gasteiger partial charge in [0.05, 0.1) is 0 Å². The molecule has 0 atom stereocenters. The monoisotopic (exact) mass is 152 g/mol. The first-order valence-corrected chi connectivity index (χ1v) is 3.76. The highest BCUT2D eigenvalue weighted by Crippen LogP contribution is 2.34. The van der Waals surface area contributed by atoms with E-state index in [1.807, 2.05) is 6.08 Å². The Hall–Kier alpha value is -0.920. The van der Waals surface area contributed by atoms with Crippen molar-refractivity contribution in [1.82, 2.24) is 0 Å². The van der Waals surface area contributed by atoms with Gasteiger partial charge in [-0.15, -0.1) is 0 Å². The van der Waals surface area contributed by atoms with Gasteiger partial charge in [0.25, 0.3) is 0 Å². The minimum Gasteiger partial charge on any atom is -0.294 e. The van der Waals surface area contributed by atoms with Gasteiger partial charge in [0.2, 0.25) is 5.78 Å². The lowest BCUT2D eigenvalue weighted by molar-refractivity contribution is -0.127. The first kappa shape index (κ1) is 8.18. The molecule has 1 aliphatic rings. The molecule has 0 heterocycles. The second kappa shape index (κ2) is 2.61. The molecule has 0 aromatic heterocycles. The van der Waals surface area contributed by atoms with Gasteiger partial charge in [0.15, 0.2) is 6.29 Å². The molecule has 0 aliphatic heterocycles. The van der Waals surface area contributed by atoms with Crippen LogP contribution in [0.3, 0.4) is 0 Å². The molecular formula is C9H12O2. The molecule has 1 aliphatic carbocycles. The third kappa shape index (κ3) is 1.76. The van der Waals surface area contributed by atoms with E-state index in [4.69, 9.17) is 0 Å². The lowest BCUT2D eigenvalue weighted by Gasteiger charge is -2.11. The van der Waals surface area contributed by atoms with Gasteiger partial charge in [0, 0.05) is 0 Å². The van der Waals surface area contributed by atoms with Crippen LogP contribution in [0.15, 0.2) is 11.6 Å². The molecule has 0 spiro atoms. The van der Waals surface area contributed by atoms with Crippen LogP contribution >= 0.6 is 0 Å². The van der Waals surface area contributed by atoms with E-state index in [1.54, 1.807) is 0 Å². The maximum absolute atomic E-state index is 10.9. The average Bonchev–Trinajstić information content (AvgIpc) is 2.29. The molecule has 0 radical (unpaired) electrons. The van der Waals surface area contributed by atoms with Crippen molar-refractivity contribution in [2.75, 3.05) is 0 Å². The molecule has 0 saturated carbocycles. The number of rotatable bonds is 2. The zero-order valence-corrected chi connectivity index (χ0v) is 6.89. The number of Topliss-reactive ketones (excluding diaryl/α,β-unsaturated/α-hetero) is 1. The van der Waals surface area contributed by atoms with Gasteiger partial charge in [0.1, 0.15) is 0 Å². The van der Waals surface area contributed by atoms with Gasteiger partial charge in [-0.25, -0.2) is 0 Å². The summed E-state index contributed by atoms with van der Waals surface area (Å²) in [6.07, 6.45) is 4.03. The number of carbonyl (C=O) groups excluding carboxylic acids is 2. The van der Waals surface area contributed by atoms with Gasteiger partial charge >= 0.3 is 0 Å². The summed E-state index contributed by atoms with van der Waals surface area (Å²) in [4.78, 5) is 21.0. The molecule has 0 aromatic rings. The van der Waals surface area contributed by atoms with E-state index in [0.717, 1.165) is 12.8 Å². The maximum Gasteiger partial charge on any atom is 0.221 e. The van der Waals surface area contributed by atoms with Gasteiger partial charge in [-0.3, -0.25) is 9.59 Å². The highest BCUT2D eigenvalue weighted by Gasteiger charge is 2.25. The molecule has 0 saturated heterocycles. The van der Waals surface area contributed by atoms with Gasteiger partial charge < -0.3 is 0 Å². The average molecular weight is 152 g/mol. The van der Waals surface area contributed by atoms with E-state index in [1.165, 1.54) is 0 Å². The lowest BCUT2D eigenvalue weighted by Crippen LogP contribution is -2.01. The fourth-order valence-corrected chi connectivity index (χ4v) is 1.34. The van der Waals surface area contributed by atoms with Crippen LogP contribution in [-0.2, 0) is 9.59 Å². The first-order chi connectivity index (χ1) is 5.05. The Bertz CT molecular complexity index is 224. The first-order valence-electron chi connectivity index (χ1n) is 3.76. The van der Waals surface area contributed by atoms with Crippen LogP contribution in [0.1, 0.15) is 26.7 Å². The quantitative estimate of drug-likeness (QED) is 0.444. The Morgan fingerprint density at radius 3 is 2.64 bits per heavy atom. The minimum atomic E-state index is -0.351. The predicted molar refractivity (Wildman–Crippen MR) is 42.2 cm³/mol. The summed E-state index contributed by atoms with van der Waals surface area (Å²) in [7, 11) is 0. The number of aldehydes is 1. The molecule has 0 aromatic carbocycles. The van der Waals surface area contributed by atoms with E-state index in [0.29, 0.717) is 11.9 Å². The minimum absolute atomic E-state index is 0.105.